The highest BCUT2D eigenvalue weighted by Crippen LogP contribution is 2.25. The van der Waals surface area contributed by atoms with Crippen molar-refractivity contribution in [2.24, 2.45) is 0 Å². The van der Waals surface area contributed by atoms with Crippen molar-refractivity contribution in [2.45, 2.75) is 110 Å². The first kappa shape index (κ1) is 32.4. The van der Waals surface area contributed by atoms with E-state index in [1.54, 1.807) is 0 Å². The number of rotatable bonds is 19. The van der Waals surface area contributed by atoms with Crippen LogP contribution in [0.5, 0.6) is 5.75 Å². The Bertz CT molecular complexity index is 1150. The maximum absolute atomic E-state index is 13.0. The third-order valence-corrected chi connectivity index (χ3v) is 7.64. The minimum Gasteiger partial charge on any atom is -0.493 e. The number of aromatic nitrogens is 1. The highest BCUT2D eigenvalue weighted by Gasteiger charge is 2.31. The molecule has 0 bridgehead atoms. The van der Waals surface area contributed by atoms with Crippen LogP contribution in [0.4, 0.5) is 0 Å². The zero-order chi connectivity index (χ0) is 29.5. The highest BCUT2D eigenvalue weighted by atomic mass is 16.5. The second-order valence-corrected chi connectivity index (χ2v) is 11.3. The summed E-state index contributed by atoms with van der Waals surface area (Å²) >= 11 is 0. The molecule has 0 aliphatic carbocycles. The average molecular weight is 563 g/mol. The first-order valence-electron chi connectivity index (χ1n) is 15.5. The number of hydrogen-bond acceptors (Lipinski definition) is 6. The lowest BCUT2D eigenvalue weighted by molar-refractivity contribution is -0.146. The van der Waals surface area contributed by atoms with Crippen molar-refractivity contribution in [3.8, 4) is 17.2 Å². The van der Waals surface area contributed by atoms with Gasteiger partial charge in [-0.1, -0.05) is 82.7 Å². The summed E-state index contributed by atoms with van der Waals surface area (Å²) in [5.74, 6) is 2.07. The van der Waals surface area contributed by atoms with E-state index in [4.69, 9.17) is 13.9 Å². The van der Waals surface area contributed by atoms with Crippen LogP contribution in [0.25, 0.3) is 11.5 Å². The zero-order valence-electron chi connectivity index (χ0n) is 25.8. The van der Waals surface area contributed by atoms with Gasteiger partial charge in [-0.15, -0.1) is 0 Å². The Hall–Kier alpha value is -3.12. The Balaban J connectivity index is 1.60. The van der Waals surface area contributed by atoms with Gasteiger partial charge in [-0.3, -0.25) is 10.1 Å². The normalized spacial score (nSPS) is 12.3. The molecule has 0 saturated carbocycles. The Morgan fingerprint density at radius 3 is 2.22 bits per heavy atom. The van der Waals surface area contributed by atoms with Crippen molar-refractivity contribution in [3.05, 3.63) is 71.6 Å². The number of esters is 1. The summed E-state index contributed by atoms with van der Waals surface area (Å²) < 4.78 is 17.4. The quantitative estimate of drug-likeness (QED) is 0.117. The zero-order valence-corrected chi connectivity index (χ0v) is 25.8. The summed E-state index contributed by atoms with van der Waals surface area (Å²) in [4.78, 5) is 17.7. The summed E-state index contributed by atoms with van der Waals surface area (Å²) in [6.45, 7) is 11.4. The van der Waals surface area contributed by atoms with E-state index in [2.05, 4.69) is 31.1 Å². The van der Waals surface area contributed by atoms with Crippen LogP contribution in [0.1, 0.15) is 96.1 Å². The van der Waals surface area contributed by atoms with E-state index in [0.717, 1.165) is 54.0 Å². The van der Waals surface area contributed by atoms with Gasteiger partial charge in [0, 0.05) is 17.5 Å². The second kappa shape index (κ2) is 17.0. The van der Waals surface area contributed by atoms with Crippen LogP contribution in [0, 0.1) is 6.92 Å². The van der Waals surface area contributed by atoms with Crippen LogP contribution in [-0.2, 0) is 22.4 Å². The molecule has 224 valence electrons. The van der Waals surface area contributed by atoms with Gasteiger partial charge in [0.1, 0.15) is 17.6 Å². The Morgan fingerprint density at radius 2 is 1.61 bits per heavy atom. The molecule has 0 aliphatic rings. The molecule has 1 heterocycles. The summed E-state index contributed by atoms with van der Waals surface area (Å²) in [7, 11) is 0. The highest BCUT2D eigenvalue weighted by molar-refractivity contribution is 5.76. The van der Waals surface area contributed by atoms with E-state index in [1.807, 2.05) is 68.4 Å². The molecule has 1 aromatic heterocycles. The van der Waals surface area contributed by atoms with E-state index in [1.165, 1.54) is 25.7 Å². The van der Waals surface area contributed by atoms with Gasteiger partial charge in [-0.25, -0.2) is 4.98 Å². The van der Waals surface area contributed by atoms with Crippen molar-refractivity contribution in [3.63, 3.8) is 0 Å². The molecule has 6 nitrogen and oxygen atoms in total. The van der Waals surface area contributed by atoms with Crippen LogP contribution in [0.3, 0.4) is 0 Å². The Morgan fingerprint density at radius 1 is 0.951 bits per heavy atom. The number of hydrogen-bond donors (Lipinski definition) is 1. The third-order valence-electron chi connectivity index (χ3n) is 7.64. The van der Waals surface area contributed by atoms with Crippen LogP contribution >= 0.6 is 0 Å². The number of unbranched alkanes of at least 4 members (excludes halogenated alkanes) is 4. The fourth-order valence-electron chi connectivity index (χ4n) is 5.24. The van der Waals surface area contributed by atoms with E-state index in [0.29, 0.717) is 31.9 Å². The molecule has 0 unspecified atom stereocenters. The molecule has 41 heavy (non-hydrogen) atoms. The molecule has 6 heteroatoms. The summed E-state index contributed by atoms with van der Waals surface area (Å²) in [5.41, 5.74) is 2.86. The molecular formula is C35H50N2O4. The van der Waals surface area contributed by atoms with Crippen LogP contribution in [0.15, 0.2) is 59.0 Å². The molecule has 1 N–H and O–H groups in total. The number of carbonyl (C=O) groups excluding carboxylic acids is 1. The summed E-state index contributed by atoms with van der Waals surface area (Å²) in [6, 6.07) is 17.6. The van der Waals surface area contributed by atoms with Crippen LogP contribution in [0.2, 0.25) is 0 Å². The average Bonchev–Trinajstić information content (AvgIpc) is 3.34. The SMILES string of the molecule is CCCCCC(C)(CCCCC)N[C@@H](Cc1ccc(OCCc2nc(-c3ccccc3)oc2C)cc1)C(=O)OCC. The maximum atomic E-state index is 13.0. The van der Waals surface area contributed by atoms with Crippen LogP contribution in [-0.4, -0.2) is 35.7 Å². The lowest BCUT2D eigenvalue weighted by atomic mass is 9.87. The van der Waals surface area contributed by atoms with Crippen molar-refractivity contribution < 1.29 is 18.7 Å². The fraction of sp³-hybridized carbons (Fsp3) is 0.543. The monoisotopic (exact) mass is 562 g/mol. The number of nitrogens with one attached hydrogen (secondary N) is 1. The van der Waals surface area contributed by atoms with Gasteiger partial charge in [0.15, 0.2) is 0 Å². The van der Waals surface area contributed by atoms with Gasteiger partial charge in [0.2, 0.25) is 5.89 Å². The minimum atomic E-state index is -0.385. The molecule has 3 aromatic rings. The van der Waals surface area contributed by atoms with E-state index >= 15 is 0 Å². The Labute approximate surface area is 247 Å². The molecule has 0 spiro atoms. The van der Waals surface area contributed by atoms with Gasteiger partial charge >= 0.3 is 5.97 Å². The molecule has 1 atom stereocenters. The van der Waals surface area contributed by atoms with E-state index in [-0.39, 0.29) is 17.6 Å². The number of ether oxygens (including phenoxy) is 2. The maximum Gasteiger partial charge on any atom is 0.323 e. The van der Waals surface area contributed by atoms with Crippen molar-refractivity contribution in [1.29, 1.82) is 0 Å². The van der Waals surface area contributed by atoms with Crippen molar-refractivity contribution in [1.82, 2.24) is 10.3 Å². The lowest BCUT2D eigenvalue weighted by Crippen LogP contribution is -2.52. The molecule has 0 saturated heterocycles. The molecule has 3 rings (SSSR count). The van der Waals surface area contributed by atoms with Gasteiger partial charge in [0.05, 0.1) is 18.9 Å². The van der Waals surface area contributed by atoms with Gasteiger partial charge in [-0.2, -0.15) is 0 Å². The number of aryl methyl sites for hydroxylation is 1. The smallest absolute Gasteiger partial charge is 0.323 e. The standard InChI is InChI=1S/C35H50N2O4/c1-6-9-14-23-35(5,24-15-10-7-2)37-32(34(38)39-8-3)26-28-18-20-30(21-19-28)40-25-22-31-27(4)41-33(36-31)29-16-12-11-13-17-29/h11-13,16-21,32,37H,6-10,14-15,22-26H2,1-5H3/t32-/m0/s1. The topological polar surface area (TPSA) is 73.6 Å². The number of carbonyl (C=O) groups is 1. The minimum absolute atomic E-state index is 0.0928. The first-order valence-corrected chi connectivity index (χ1v) is 15.5. The number of nitrogens with zero attached hydrogens (tertiary/aromatic N) is 1. The Kier molecular flexibility index (Phi) is 13.4. The summed E-state index contributed by atoms with van der Waals surface area (Å²) in [6.07, 6.45) is 10.5. The molecule has 0 amide bonds. The summed E-state index contributed by atoms with van der Waals surface area (Å²) in [5, 5.41) is 3.75. The van der Waals surface area contributed by atoms with Crippen LogP contribution < -0.4 is 10.1 Å². The lowest BCUT2D eigenvalue weighted by Gasteiger charge is -2.35. The van der Waals surface area contributed by atoms with Crippen molar-refractivity contribution in [2.75, 3.05) is 13.2 Å². The molecule has 0 fully saturated rings. The fourth-order valence-corrected chi connectivity index (χ4v) is 5.24. The number of oxazole rings is 1. The molecule has 2 aromatic carbocycles. The predicted octanol–water partition coefficient (Wildman–Crippen LogP) is 8.25. The second-order valence-electron chi connectivity index (χ2n) is 11.3. The first-order chi connectivity index (χ1) is 19.9. The number of benzene rings is 2. The van der Waals surface area contributed by atoms with E-state index < -0.39 is 0 Å². The predicted molar refractivity (Wildman–Crippen MR) is 166 cm³/mol. The van der Waals surface area contributed by atoms with E-state index in [9.17, 15) is 4.79 Å². The van der Waals surface area contributed by atoms with Crippen molar-refractivity contribution >= 4 is 5.97 Å². The molecule has 0 radical (unpaired) electrons. The molecule has 0 aliphatic heterocycles. The van der Waals surface area contributed by atoms with Gasteiger partial charge in [0.25, 0.3) is 0 Å². The molecular weight excluding hydrogens is 512 g/mol. The third kappa shape index (κ3) is 10.7. The largest absolute Gasteiger partial charge is 0.493 e. The van der Waals surface area contributed by atoms with Gasteiger partial charge < -0.3 is 13.9 Å². The van der Waals surface area contributed by atoms with Gasteiger partial charge in [-0.05, 0) is 69.9 Å².